The van der Waals surface area contributed by atoms with Gasteiger partial charge < -0.3 is 9.72 Å². The van der Waals surface area contributed by atoms with Crippen molar-refractivity contribution >= 4 is 28.3 Å². The molecule has 0 saturated heterocycles. The number of H-pyrrole nitrogens is 1. The fourth-order valence-electron chi connectivity index (χ4n) is 3.96. The molecule has 0 bridgehead atoms. The fourth-order valence-corrected chi connectivity index (χ4v) is 3.96. The summed E-state index contributed by atoms with van der Waals surface area (Å²) < 4.78 is 5.90. The van der Waals surface area contributed by atoms with Gasteiger partial charge in [0.1, 0.15) is 11.7 Å². The second-order valence-electron chi connectivity index (χ2n) is 7.80. The lowest BCUT2D eigenvalue weighted by Crippen LogP contribution is -2.26. The van der Waals surface area contributed by atoms with Crippen LogP contribution in [-0.2, 0) is 25.8 Å². The minimum Gasteiger partial charge on any atom is -0.474 e. The van der Waals surface area contributed by atoms with Crippen LogP contribution in [0.2, 0.25) is 0 Å². The summed E-state index contributed by atoms with van der Waals surface area (Å²) in [4.78, 5) is 33.6. The third-order valence-corrected chi connectivity index (χ3v) is 5.53. The maximum atomic E-state index is 13.1. The van der Waals surface area contributed by atoms with E-state index in [1.165, 1.54) is 0 Å². The number of carbonyl (C=O) groups excluding carboxylic acids is 2. The van der Waals surface area contributed by atoms with Gasteiger partial charge in [-0.1, -0.05) is 68.3 Å². The van der Waals surface area contributed by atoms with Crippen molar-refractivity contribution in [3.05, 3.63) is 83.3 Å². The number of fused-ring (bicyclic) bond motifs is 1. The van der Waals surface area contributed by atoms with Gasteiger partial charge in [0.15, 0.2) is 5.94 Å². The molecule has 0 saturated carbocycles. The van der Waals surface area contributed by atoms with E-state index in [0.29, 0.717) is 12.0 Å². The fraction of sp³-hybridized carbons (Fsp3) is 0.269. The van der Waals surface area contributed by atoms with Gasteiger partial charge in [-0.3, -0.25) is 9.63 Å². The van der Waals surface area contributed by atoms with E-state index in [-0.39, 0.29) is 17.9 Å². The Hall–Kier alpha value is -3.60. The molecule has 4 rings (SSSR count). The lowest BCUT2D eigenvalue weighted by molar-refractivity contribution is -0.130. The lowest BCUT2D eigenvalue weighted by atomic mass is 9.97. The zero-order valence-electron chi connectivity index (χ0n) is 18.0. The van der Waals surface area contributed by atoms with Crippen molar-refractivity contribution in [3.63, 3.8) is 0 Å². The van der Waals surface area contributed by atoms with Crippen LogP contribution in [0, 0.1) is 0 Å². The van der Waals surface area contributed by atoms with Gasteiger partial charge >= 0.3 is 0 Å². The molecule has 1 unspecified atom stereocenters. The molecule has 1 atom stereocenters. The zero-order chi connectivity index (χ0) is 22.3. The molecule has 1 aliphatic heterocycles. The van der Waals surface area contributed by atoms with E-state index in [1.54, 1.807) is 0 Å². The highest BCUT2D eigenvalue weighted by molar-refractivity contribution is 6.08. The first-order valence-corrected chi connectivity index (χ1v) is 10.9. The Kier molecular flexibility index (Phi) is 6.85. The number of ether oxygens (including phenoxy) is 1. The van der Waals surface area contributed by atoms with E-state index in [2.05, 4.69) is 17.4 Å². The average Bonchev–Trinajstić information content (AvgIpc) is 3.41. The summed E-state index contributed by atoms with van der Waals surface area (Å²) in [5.74, 6) is 1.21. The number of hydrogen-bond donors (Lipinski definition) is 2. The normalized spacial score (nSPS) is 15.7. The summed E-state index contributed by atoms with van der Waals surface area (Å²) in [6.07, 6.45) is 3.33. The maximum absolute atomic E-state index is 13.1. The molecule has 2 N–H and O–H groups in total. The summed E-state index contributed by atoms with van der Waals surface area (Å²) in [6, 6.07) is 19.4. The highest BCUT2D eigenvalue weighted by atomic mass is 16.7. The Labute approximate surface area is 186 Å². The average molecular weight is 431 g/mol. The minimum atomic E-state index is -0.522. The number of benzene rings is 2. The van der Waals surface area contributed by atoms with E-state index in [9.17, 15) is 9.59 Å². The lowest BCUT2D eigenvalue weighted by Gasteiger charge is -2.13. The third kappa shape index (κ3) is 4.67. The van der Waals surface area contributed by atoms with E-state index < -0.39 is 12.0 Å². The molecular weight excluding hydrogens is 404 g/mol. The van der Waals surface area contributed by atoms with Gasteiger partial charge in [0.05, 0.1) is 6.61 Å². The van der Waals surface area contributed by atoms with Crippen LogP contribution in [-0.4, -0.2) is 22.9 Å². The van der Waals surface area contributed by atoms with E-state index in [0.717, 1.165) is 41.4 Å². The SMILES string of the molecule is CCCCCC1OC(=C=O)C(C(=O)NOCc2ccccc2)=C1c1cc2ccccc2[nH]1. The maximum Gasteiger partial charge on any atom is 0.279 e. The summed E-state index contributed by atoms with van der Waals surface area (Å²) >= 11 is 0. The molecule has 0 aliphatic carbocycles. The molecule has 1 aliphatic rings. The topological polar surface area (TPSA) is 80.4 Å². The van der Waals surface area contributed by atoms with Gasteiger partial charge in [-0.25, -0.2) is 10.3 Å². The van der Waals surface area contributed by atoms with Crippen molar-refractivity contribution in [2.45, 2.75) is 45.3 Å². The molecule has 0 spiro atoms. The number of amides is 1. The molecule has 2 heterocycles. The van der Waals surface area contributed by atoms with Crippen molar-refractivity contribution in [1.29, 1.82) is 0 Å². The molecule has 164 valence electrons. The van der Waals surface area contributed by atoms with Crippen molar-refractivity contribution in [2.24, 2.45) is 0 Å². The minimum absolute atomic E-state index is 0.0824. The third-order valence-electron chi connectivity index (χ3n) is 5.53. The van der Waals surface area contributed by atoms with Crippen LogP contribution >= 0.6 is 0 Å². The number of nitrogens with one attached hydrogen (secondary N) is 2. The highest BCUT2D eigenvalue weighted by Gasteiger charge is 2.37. The van der Waals surface area contributed by atoms with Gasteiger partial charge in [-0.05, 0) is 35.9 Å². The van der Waals surface area contributed by atoms with Gasteiger partial charge in [0.2, 0.25) is 5.76 Å². The second-order valence-corrected chi connectivity index (χ2v) is 7.80. The molecule has 32 heavy (non-hydrogen) atoms. The molecule has 0 radical (unpaired) electrons. The largest absolute Gasteiger partial charge is 0.474 e. The number of rotatable bonds is 9. The Bertz CT molecular complexity index is 1140. The van der Waals surface area contributed by atoms with Gasteiger partial charge in [-0.2, -0.15) is 0 Å². The van der Waals surface area contributed by atoms with Gasteiger partial charge in [-0.15, -0.1) is 0 Å². The van der Waals surface area contributed by atoms with E-state index >= 15 is 0 Å². The van der Waals surface area contributed by atoms with Crippen molar-refractivity contribution in [2.75, 3.05) is 0 Å². The molecular formula is C26H26N2O4. The predicted molar refractivity (Wildman–Crippen MR) is 123 cm³/mol. The smallest absolute Gasteiger partial charge is 0.279 e. The Morgan fingerprint density at radius 2 is 1.91 bits per heavy atom. The van der Waals surface area contributed by atoms with Crippen molar-refractivity contribution in [1.82, 2.24) is 10.5 Å². The van der Waals surface area contributed by atoms with Crippen LogP contribution in [0.15, 0.2) is 72.0 Å². The zero-order valence-corrected chi connectivity index (χ0v) is 18.0. The molecule has 3 aromatic rings. The molecule has 6 heteroatoms. The highest BCUT2D eigenvalue weighted by Crippen LogP contribution is 2.39. The Morgan fingerprint density at radius 1 is 1.12 bits per heavy atom. The number of para-hydroxylation sites is 1. The number of aromatic nitrogens is 1. The van der Waals surface area contributed by atoms with E-state index in [4.69, 9.17) is 9.57 Å². The number of hydroxylamine groups is 1. The van der Waals surface area contributed by atoms with Crippen molar-refractivity contribution in [3.8, 4) is 0 Å². The molecule has 1 amide bonds. The monoisotopic (exact) mass is 430 g/mol. The van der Waals surface area contributed by atoms with Crippen LogP contribution < -0.4 is 5.48 Å². The molecule has 6 nitrogen and oxygen atoms in total. The summed E-state index contributed by atoms with van der Waals surface area (Å²) in [6.45, 7) is 2.34. The first kappa shape index (κ1) is 21.6. The molecule has 1 aromatic heterocycles. The molecule has 0 fully saturated rings. The number of unbranched alkanes of at least 4 members (excludes halogenated alkanes) is 2. The Balaban J connectivity index is 1.65. The quantitative estimate of drug-likeness (QED) is 0.288. The summed E-state index contributed by atoms with van der Waals surface area (Å²) in [5.41, 5.74) is 5.93. The second kappa shape index (κ2) is 10.1. The van der Waals surface area contributed by atoms with Gasteiger partial charge in [0.25, 0.3) is 5.91 Å². The Morgan fingerprint density at radius 3 is 2.66 bits per heavy atom. The van der Waals surface area contributed by atoms with Crippen molar-refractivity contribution < 1.29 is 19.2 Å². The molecule has 2 aromatic carbocycles. The summed E-state index contributed by atoms with van der Waals surface area (Å²) in [5, 5.41) is 1.02. The number of carbonyl (C=O) groups is 1. The first-order chi connectivity index (χ1) is 15.7. The van der Waals surface area contributed by atoms with Crippen LogP contribution in [0.3, 0.4) is 0 Å². The summed E-state index contributed by atoms with van der Waals surface area (Å²) in [7, 11) is 0. The predicted octanol–water partition coefficient (Wildman–Crippen LogP) is 4.86. The number of aromatic amines is 1. The number of hydrogen-bond acceptors (Lipinski definition) is 4. The van der Waals surface area contributed by atoms with Crippen LogP contribution in [0.4, 0.5) is 0 Å². The van der Waals surface area contributed by atoms with Crippen LogP contribution in [0.5, 0.6) is 0 Å². The van der Waals surface area contributed by atoms with Crippen LogP contribution in [0.1, 0.15) is 43.9 Å². The standard InChI is InChI=1S/C26H26N2O4/c1-2-3-5-14-22-24(21-15-19-12-8-9-13-20(19)27-21)25(23(16-29)32-22)26(30)28-31-17-18-10-6-4-7-11-18/h4,6-13,15,22,27H,2-3,5,14,17H2,1H3,(H,28,30). The van der Waals surface area contributed by atoms with Crippen LogP contribution in [0.25, 0.3) is 16.5 Å². The first-order valence-electron chi connectivity index (χ1n) is 10.9. The van der Waals surface area contributed by atoms with Gasteiger partial charge in [0, 0.05) is 16.8 Å². The van der Waals surface area contributed by atoms with E-state index in [1.807, 2.05) is 66.6 Å².